The van der Waals surface area contributed by atoms with E-state index in [1.165, 1.54) is 0 Å². The molecule has 1 saturated heterocycles. The highest BCUT2D eigenvalue weighted by Crippen LogP contribution is 2.24. The summed E-state index contributed by atoms with van der Waals surface area (Å²) in [6.45, 7) is 5.56. The maximum atomic E-state index is 12.3. The Balaban J connectivity index is 1.92. The first-order valence-corrected chi connectivity index (χ1v) is 7.31. The molecular formula is C13H16N4O2S. The van der Waals surface area contributed by atoms with Gasteiger partial charge in [0.1, 0.15) is 11.6 Å². The quantitative estimate of drug-likeness (QED) is 0.898. The van der Waals surface area contributed by atoms with Crippen molar-refractivity contribution in [2.75, 3.05) is 0 Å². The molecular weight excluding hydrogens is 276 g/mol. The zero-order valence-corrected chi connectivity index (χ0v) is 12.4. The number of hydrogen-bond donors (Lipinski definition) is 1. The van der Waals surface area contributed by atoms with Crippen LogP contribution < -0.4 is 5.32 Å². The molecule has 0 bridgehead atoms. The molecule has 1 unspecified atom stereocenters. The summed E-state index contributed by atoms with van der Waals surface area (Å²) in [4.78, 5) is 31.4. The van der Waals surface area contributed by atoms with E-state index in [-0.39, 0.29) is 11.8 Å². The summed E-state index contributed by atoms with van der Waals surface area (Å²) in [5.74, 6) is -0.212. The molecule has 2 aromatic rings. The molecule has 106 valence electrons. The van der Waals surface area contributed by atoms with Gasteiger partial charge in [0.2, 0.25) is 11.8 Å². The van der Waals surface area contributed by atoms with Gasteiger partial charge in [-0.25, -0.2) is 4.98 Å². The molecule has 1 fully saturated rings. The van der Waals surface area contributed by atoms with Gasteiger partial charge < -0.3 is 10.2 Å². The molecule has 1 aliphatic rings. The number of piperazine rings is 1. The lowest BCUT2D eigenvalue weighted by Gasteiger charge is -2.43. The maximum Gasteiger partial charge on any atom is 0.246 e. The number of amides is 2. The van der Waals surface area contributed by atoms with Crippen LogP contribution in [-0.4, -0.2) is 37.7 Å². The third-order valence-electron chi connectivity index (χ3n) is 3.68. The van der Waals surface area contributed by atoms with Gasteiger partial charge in [-0.3, -0.25) is 14.0 Å². The van der Waals surface area contributed by atoms with E-state index in [2.05, 4.69) is 10.3 Å². The average Bonchev–Trinajstić information content (AvgIpc) is 2.93. The van der Waals surface area contributed by atoms with Gasteiger partial charge in [0, 0.05) is 17.8 Å². The second-order valence-electron chi connectivity index (χ2n) is 5.50. The van der Waals surface area contributed by atoms with E-state index in [1.807, 2.05) is 22.2 Å². The van der Waals surface area contributed by atoms with Gasteiger partial charge in [-0.2, -0.15) is 0 Å². The van der Waals surface area contributed by atoms with E-state index in [9.17, 15) is 9.59 Å². The Labute approximate surface area is 120 Å². The van der Waals surface area contributed by atoms with Gasteiger partial charge in [0.15, 0.2) is 4.96 Å². The van der Waals surface area contributed by atoms with Gasteiger partial charge in [-0.05, 0) is 20.8 Å². The molecule has 1 aliphatic heterocycles. The van der Waals surface area contributed by atoms with Crippen molar-refractivity contribution in [1.82, 2.24) is 19.6 Å². The van der Waals surface area contributed by atoms with Crippen LogP contribution in [0.1, 0.15) is 26.5 Å². The van der Waals surface area contributed by atoms with Crippen LogP contribution in [0.3, 0.4) is 0 Å². The number of thiazole rings is 1. The van der Waals surface area contributed by atoms with Gasteiger partial charge in [-0.15, -0.1) is 11.3 Å². The van der Waals surface area contributed by atoms with Crippen LogP contribution in [0.25, 0.3) is 4.96 Å². The molecule has 6 nitrogen and oxygen atoms in total. The number of imidazole rings is 1. The minimum atomic E-state index is -0.860. The van der Waals surface area contributed by atoms with Gasteiger partial charge in [-0.1, -0.05) is 0 Å². The van der Waals surface area contributed by atoms with Crippen LogP contribution >= 0.6 is 11.3 Å². The van der Waals surface area contributed by atoms with Crippen molar-refractivity contribution < 1.29 is 9.59 Å². The van der Waals surface area contributed by atoms with Crippen LogP contribution in [0, 0.1) is 0 Å². The van der Waals surface area contributed by atoms with E-state index in [0.29, 0.717) is 6.54 Å². The fourth-order valence-corrected chi connectivity index (χ4v) is 3.08. The highest BCUT2D eigenvalue weighted by molar-refractivity contribution is 7.15. The summed E-state index contributed by atoms with van der Waals surface area (Å²) in [6, 6.07) is -0.487. The summed E-state index contributed by atoms with van der Waals surface area (Å²) in [5, 5.41) is 4.66. The topological polar surface area (TPSA) is 66.7 Å². The monoisotopic (exact) mass is 292 g/mol. The SMILES string of the molecule is CC1NC(=O)C(C)(C)N(Cc2cn3ccsc3n2)C1=O. The van der Waals surface area contributed by atoms with Crippen LogP contribution in [0.15, 0.2) is 17.8 Å². The molecule has 3 rings (SSSR count). The van der Waals surface area contributed by atoms with Crippen LogP contribution in [0.2, 0.25) is 0 Å². The Morgan fingerprint density at radius 1 is 1.45 bits per heavy atom. The highest BCUT2D eigenvalue weighted by atomic mass is 32.1. The molecule has 3 heterocycles. The summed E-state index contributed by atoms with van der Waals surface area (Å²) < 4.78 is 1.92. The Morgan fingerprint density at radius 2 is 2.20 bits per heavy atom. The standard InChI is InChI=1S/C13H16N4O2S/c1-8-10(18)17(13(2,3)11(19)14-8)7-9-6-16-4-5-20-12(16)15-9/h4-6,8H,7H2,1-3H3,(H,14,19). The third kappa shape index (κ3) is 1.89. The summed E-state index contributed by atoms with van der Waals surface area (Å²) in [5.41, 5.74) is -0.0687. The minimum absolute atomic E-state index is 0.0778. The Bertz CT molecular complexity index is 659. The Kier molecular flexibility index (Phi) is 2.82. The number of aromatic nitrogens is 2. The van der Waals surface area contributed by atoms with Crippen molar-refractivity contribution in [3.05, 3.63) is 23.5 Å². The zero-order chi connectivity index (χ0) is 14.5. The smallest absolute Gasteiger partial charge is 0.246 e. The second kappa shape index (κ2) is 4.31. The van der Waals surface area contributed by atoms with E-state index in [1.54, 1.807) is 37.0 Å². The van der Waals surface area contributed by atoms with Crippen molar-refractivity contribution >= 4 is 28.1 Å². The van der Waals surface area contributed by atoms with Crippen LogP contribution in [0.5, 0.6) is 0 Å². The third-order valence-corrected chi connectivity index (χ3v) is 4.45. The number of nitrogens with one attached hydrogen (secondary N) is 1. The fraction of sp³-hybridized carbons (Fsp3) is 0.462. The van der Waals surface area contributed by atoms with Gasteiger partial charge >= 0.3 is 0 Å². The number of carbonyl (C=O) groups excluding carboxylic acids is 2. The lowest BCUT2D eigenvalue weighted by atomic mass is 9.96. The maximum absolute atomic E-state index is 12.3. The number of nitrogens with zero attached hydrogens (tertiary/aromatic N) is 3. The number of carbonyl (C=O) groups is 2. The molecule has 1 N–H and O–H groups in total. The van der Waals surface area contributed by atoms with E-state index >= 15 is 0 Å². The van der Waals surface area contributed by atoms with Crippen molar-refractivity contribution in [2.45, 2.75) is 38.9 Å². The van der Waals surface area contributed by atoms with E-state index < -0.39 is 11.6 Å². The summed E-state index contributed by atoms with van der Waals surface area (Å²) in [7, 11) is 0. The van der Waals surface area contributed by atoms with E-state index in [4.69, 9.17) is 0 Å². The van der Waals surface area contributed by atoms with Crippen molar-refractivity contribution in [2.24, 2.45) is 0 Å². The first-order valence-electron chi connectivity index (χ1n) is 6.43. The normalized spacial score (nSPS) is 22.4. The number of rotatable bonds is 2. The molecule has 2 amide bonds. The molecule has 20 heavy (non-hydrogen) atoms. The fourth-order valence-electron chi connectivity index (χ4n) is 2.36. The largest absolute Gasteiger partial charge is 0.343 e. The molecule has 0 saturated carbocycles. The molecule has 0 spiro atoms. The van der Waals surface area contributed by atoms with Crippen LogP contribution in [0.4, 0.5) is 0 Å². The number of hydrogen-bond acceptors (Lipinski definition) is 4. The lowest BCUT2D eigenvalue weighted by molar-refractivity contribution is -0.155. The van der Waals surface area contributed by atoms with Gasteiger partial charge in [0.05, 0.1) is 12.2 Å². The lowest BCUT2D eigenvalue weighted by Crippen LogP contribution is -2.67. The molecule has 2 aromatic heterocycles. The molecule has 0 radical (unpaired) electrons. The van der Waals surface area contributed by atoms with E-state index in [0.717, 1.165) is 10.7 Å². The molecule has 0 aromatic carbocycles. The average molecular weight is 292 g/mol. The van der Waals surface area contributed by atoms with Crippen LogP contribution in [-0.2, 0) is 16.1 Å². The van der Waals surface area contributed by atoms with Crippen molar-refractivity contribution in [1.29, 1.82) is 0 Å². The van der Waals surface area contributed by atoms with Crippen molar-refractivity contribution in [3.63, 3.8) is 0 Å². The van der Waals surface area contributed by atoms with Gasteiger partial charge in [0.25, 0.3) is 0 Å². The highest BCUT2D eigenvalue weighted by Gasteiger charge is 2.44. The minimum Gasteiger partial charge on any atom is -0.343 e. The second-order valence-corrected chi connectivity index (χ2v) is 6.38. The predicted molar refractivity (Wildman–Crippen MR) is 75.3 cm³/mol. The summed E-state index contributed by atoms with van der Waals surface area (Å²) in [6.07, 6.45) is 3.82. The molecule has 1 atom stereocenters. The number of fused-ring (bicyclic) bond motifs is 1. The first-order chi connectivity index (χ1) is 9.39. The Hall–Kier alpha value is -1.89. The Morgan fingerprint density at radius 3 is 2.90 bits per heavy atom. The predicted octanol–water partition coefficient (Wildman–Crippen LogP) is 1.02. The molecule has 7 heteroatoms. The van der Waals surface area contributed by atoms with Crippen molar-refractivity contribution in [3.8, 4) is 0 Å². The summed E-state index contributed by atoms with van der Waals surface area (Å²) >= 11 is 1.54. The first kappa shape index (κ1) is 13.1. The molecule has 0 aliphatic carbocycles. The zero-order valence-electron chi connectivity index (χ0n) is 11.6.